The largest absolute Gasteiger partial charge is 0.504 e. The number of aromatic hydroxyl groups is 2. The van der Waals surface area contributed by atoms with E-state index in [-0.39, 0.29) is 17.2 Å². The highest BCUT2D eigenvalue weighted by Crippen LogP contribution is 2.50. The van der Waals surface area contributed by atoms with Crippen LogP contribution in [0.15, 0.2) is 78.9 Å². The molecule has 0 unspecified atom stereocenters. The molecule has 5 nitrogen and oxygen atoms in total. The van der Waals surface area contributed by atoms with Gasteiger partial charge < -0.3 is 24.4 Å². The molecule has 4 aromatic rings. The summed E-state index contributed by atoms with van der Waals surface area (Å²) in [4.78, 5) is 0. The van der Waals surface area contributed by atoms with Crippen LogP contribution in [-0.4, -0.2) is 24.4 Å². The lowest BCUT2D eigenvalue weighted by Gasteiger charge is -2.18. The molecule has 6 heteroatoms. The number of halogens is 1. The number of benzene rings is 4. The summed E-state index contributed by atoms with van der Waals surface area (Å²) in [6.45, 7) is 0.325. The average molecular weight is 463 g/mol. The van der Waals surface area contributed by atoms with Crippen LogP contribution < -0.4 is 14.2 Å². The van der Waals surface area contributed by atoms with Crippen LogP contribution >= 0.6 is 11.6 Å². The molecule has 0 spiro atoms. The summed E-state index contributed by atoms with van der Waals surface area (Å²) in [5, 5.41) is 22.3. The second-order valence-electron chi connectivity index (χ2n) is 7.35. The summed E-state index contributed by atoms with van der Waals surface area (Å²) in [6.07, 6.45) is 0. The van der Waals surface area contributed by atoms with Gasteiger partial charge in [-0.05, 0) is 47.0 Å². The molecule has 0 aliphatic heterocycles. The lowest BCUT2D eigenvalue weighted by Crippen LogP contribution is -1.97. The molecule has 2 N–H and O–H groups in total. The van der Waals surface area contributed by atoms with E-state index in [1.807, 2.05) is 42.5 Å². The fourth-order valence-electron chi connectivity index (χ4n) is 3.65. The van der Waals surface area contributed by atoms with Crippen molar-refractivity contribution < 1.29 is 24.4 Å². The molecule has 0 aromatic heterocycles. The van der Waals surface area contributed by atoms with E-state index in [0.29, 0.717) is 39.8 Å². The van der Waals surface area contributed by atoms with Crippen molar-refractivity contribution in [2.45, 2.75) is 6.61 Å². The summed E-state index contributed by atoms with van der Waals surface area (Å²) in [5.41, 5.74) is 3.40. The molecule has 4 aromatic carbocycles. The van der Waals surface area contributed by atoms with E-state index in [4.69, 9.17) is 25.8 Å². The molecule has 0 fully saturated rings. The van der Waals surface area contributed by atoms with Crippen LogP contribution in [0.1, 0.15) is 5.56 Å². The summed E-state index contributed by atoms with van der Waals surface area (Å²) in [7, 11) is 3.01. The van der Waals surface area contributed by atoms with Crippen LogP contribution in [0.4, 0.5) is 0 Å². The zero-order chi connectivity index (χ0) is 23.4. The molecule has 33 heavy (non-hydrogen) atoms. The maximum Gasteiger partial charge on any atom is 0.170 e. The standard InChI is InChI=1S/C27H23ClO5/c1-31-24-15-21(18-8-11-20(28)12-9-18)27(32-2)26(30)25(24)19-10-13-23(22(29)14-19)33-16-17-6-4-3-5-7-17/h3-15,29-30H,16H2,1-2H3. The van der Waals surface area contributed by atoms with Crippen molar-refractivity contribution >= 4 is 11.6 Å². The maximum absolute atomic E-state index is 11.1. The van der Waals surface area contributed by atoms with Crippen LogP contribution in [0.5, 0.6) is 28.7 Å². The zero-order valence-electron chi connectivity index (χ0n) is 18.2. The van der Waals surface area contributed by atoms with Gasteiger partial charge >= 0.3 is 0 Å². The lowest BCUT2D eigenvalue weighted by atomic mass is 9.96. The highest BCUT2D eigenvalue weighted by Gasteiger charge is 2.22. The first-order valence-corrected chi connectivity index (χ1v) is 10.6. The van der Waals surface area contributed by atoms with Gasteiger partial charge in [-0.1, -0.05) is 60.1 Å². The molecule has 0 saturated heterocycles. The van der Waals surface area contributed by atoms with Crippen molar-refractivity contribution in [3.05, 3.63) is 89.4 Å². The van der Waals surface area contributed by atoms with E-state index in [2.05, 4.69) is 0 Å². The molecule has 0 atom stereocenters. The first-order valence-electron chi connectivity index (χ1n) is 10.3. The minimum atomic E-state index is -0.0980. The number of hydrogen-bond donors (Lipinski definition) is 2. The Balaban J connectivity index is 1.72. The fraction of sp³-hybridized carbons (Fsp3) is 0.111. The smallest absolute Gasteiger partial charge is 0.170 e. The molecule has 168 valence electrons. The van der Waals surface area contributed by atoms with E-state index in [1.54, 1.807) is 30.3 Å². The monoisotopic (exact) mass is 462 g/mol. The molecule has 0 aliphatic carbocycles. The van der Waals surface area contributed by atoms with E-state index in [0.717, 1.165) is 11.1 Å². The van der Waals surface area contributed by atoms with Crippen LogP contribution in [0, 0.1) is 0 Å². The zero-order valence-corrected chi connectivity index (χ0v) is 19.0. The number of phenolic OH excluding ortho intramolecular Hbond substituents is 2. The molecular formula is C27H23ClO5. The number of phenols is 2. The summed E-state index contributed by atoms with van der Waals surface area (Å²) >= 11 is 6.01. The van der Waals surface area contributed by atoms with E-state index >= 15 is 0 Å². The normalized spacial score (nSPS) is 10.6. The third kappa shape index (κ3) is 4.69. The van der Waals surface area contributed by atoms with Gasteiger partial charge in [0.05, 0.1) is 19.8 Å². The van der Waals surface area contributed by atoms with Gasteiger partial charge in [0, 0.05) is 10.6 Å². The lowest BCUT2D eigenvalue weighted by molar-refractivity contribution is 0.289. The van der Waals surface area contributed by atoms with Crippen LogP contribution in [-0.2, 0) is 6.61 Å². The topological polar surface area (TPSA) is 68.2 Å². The summed E-state index contributed by atoms with van der Waals surface area (Å²) in [5.74, 6) is 0.906. The number of rotatable bonds is 7. The van der Waals surface area contributed by atoms with Gasteiger partial charge in [-0.25, -0.2) is 0 Å². The predicted octanol–water partition coefficient (Wildman–Crippen LogP) is 6.68. The quantitative estimate of drug-likeness (QED) is 0.320. The third-order valence-electron chi connectivity index (χ3n) is 5.28. The second kappa shape index (κ2) is 9.76. The SMILES string of the molecule is COc1cc(-c2ccc(Cl)cc2)c(OC)c(O)c1-c1ccc(OCc2ccccc2)c(O)c1. The Labute approximate surface area is 197 Å². The minimum Gasteiger partial charge on any atom is -0.504 e. The molecule has 0 heterocycles. The molecule has 4 rings (SSSR count). The average Bonchev–Trinajstić information content (AvgIpc) is 2.84. The Morgan fingerprint density at radius 1 is 0.758 bits per heavy atom. The maximum atomic E-state index is 11.1. The molecular weight excluding hydrogens is 440 g/mol. The Kier molecular flexibility index (Phi) is 6.61. The molecule has 0 saturated carbocycles. The summed E-state index contributed by atoms with van der Waals surface area (Å²) < 4.78 is 16.9. The highest BCUT2D eigenvalue weighted by atomic mass is 35.5. The van der Waals surface area contributed by atoms with Gasteiger partial charge in [-0.3, -0.25) is 0 Å². The van der Waals surface area contributed by atoms with Crippen molar-refractivity contribution in [3.63, 3.8) is 0 Å². The van der Waals surface area contributed by atoms with Gasteiger partial charge in [0.1, 0.15) is 12.4 Å². The molecule has 0 bridgehead atoms. The number of hydrogen-bond acceptors (Lipinski definition) is 5. The van der Waals surface area contributed by atoms with Crippen molar-refractivity contribution in [2.24, 2.45) is 0 Å². The van der Waals surface area contributed by atoms with Crippen LogP contribution in [0.2, 0.25) is 5.02 Å². The van der Waals surface area contributed by atoms with Crippen LogP contribution in [0.25, 0.3) is 22.3 Å². The third-order valence-corrected chi connectivity index (χ3v) is 5.53. The van der Waals surface area contributed by atoms with Gasteiger partial charge in [0.15, 0.2) is 23.0 Å². The predicted molar refractivity (Wildman–Crippen MR) is 130 cm³/mol. The van der Waals surface area contributed by atoms with E-state index < -0.39 is 0 Å². The van der Waals surface area contributed by atoms with Crippen molar-refractivity contribution in [1.29, 1.82) is 0 Å². The number of methoxy groups -OCH3 is 2. The van der Waals surface area contributed by atoms with Gasteiger partial charge in [-0.15, -0.1) is 0 Å². The van der Waals surface area contributed by atoms with Crippen molar-refractivity contribution in [2.75, 3.05) is 14.2 Å². The van der Waals surface area contributed by atoms with E-state index in [9.17, 15) is 10.2 Å². The fourth-order valence-corrected chi connectivity index (χ4v) is 3.77. The van der Waals surface area contributed by atoms with Crippen molar-refractivity contribution in [1.82, 2.24) is 0 Å². The Bertz CT molecular complexity index is 1250. The Morgan fingerprint density at radius 3 is 2.09 bits per heavy atom. The molecule has 0 radical (unpaired) electrons. The molecule has 0 aliphatic rings. The van der Waals surface area contributed by atoms with Crippen molar-refractivity contribution in [3.8, 4) is 51.0 Å². The molecule has 0 amide bonds. The summed E-state index contributed by atoms with van der Waals surface area (Å²) in [6, 6.07) is 23.6. The van der Waals surface area contributed by atoms with Gasteiger partial charge in [0.25, 0.3) is 0 Å². The van der Waals surface area contributed by atoms with Gasteiger partial charge in [-0.2, -0.15) is 0 Å². The number of ether oxygens (including phenoxy) is 3. The van der Waals surface area contributed by atoms with Crippen LogP contribution in [0.3, 0.4) is 0 Å². The first-order chi connectivity index (χ1) is 16.0. The minimum absolute atomic E-state index is 0.0503. The Hall–Kier alpha value is -3.83. The Morgan fingerprint density at radius 2 is 1.45 bits per heavy atom. The highest BCUT2D eigenvalue weighted by molar-refractivity contribution is 6.30. The second-order valence-corrected chi connectivity index (χ2v) is 7.78. The van der Waals surface area contributed by atoms with Gasteiger partial charge in [0.2, 0.25) is 0 Å². The van der Waals surface area contributed by atoms with E-state index in [1.165, 1.54) is 20.3 Å². The first kappa shape index (κ1) is 22.4.